The van der Waals surface area contributed by atoms with Crippen molar-refractivity contribution >= 4 is 17.8 Å². The number of hydrogen-bond acceptors (Lipinski definition) is 1. The van der Waals surface area contributed by atoms with Crippen molar-refractivity contribution in [2.75, 3.05) is 6.54 Å². The lowest BCUT2D eigenvalue weighted by Gasteiger charge is -2.18. The van der Waals surface area contributed by atoms with Gasteiger partial charge in [-0.15, -0.1) is 0 Å². The van der Waals surface area contributed by atoms with Crippen LogP contribution in [0.3, 0.4) is 0 Å². The van der Waals surface area contributed by atoms with Crippen molar-refractivity contribution in [3.8, 4) is 0 Å². The van der Waals surface area contributed by atoms with Gasteiger partial charge in [-0.25, -0.2) is 0 Å². The van der Waals surface area contributed by atoms with Gasteiger partial charge >= 0.3 is 0 Å². The summed E-state index contributed by atoms with van der Waals surface area (Å²) in [7, 11) is 0. The molecule has 0 N–H and O–H groups in total. The molecule has 0 aromatic heterocycles. The Balaban J connectivity index is 1.92. The standard InChI is InChI=1S/C21H26ClN/c1-5-18-14-16(8-11-20(18)22)12-13-23-15-17-6-9-19(10-7-17)21(2,3)4/h6-11,14-15H,5,12-13H2,1-4H3. The third kappa shape index (κ3) is 5.21. The summed E-state index contributed by atoms with van der Waals surface area (Å²) in [6, 6.07) is 14.9. The fourth-order valence-corrected chi connectivity index (χ4v) is 2.74. The van der Waals surface area contributed by atoms with E-state index in [1.807, 2.05) is 12.3 Å². The molecule has 2 aromatic rings. The smallest absolute Gasteiger partial charge is 0.0438 e. The maximum absolute atomic E-state index is 6.15. The molecule has 0 aliphatic heterocycles. The summed E-state index contributed by atoms with van der Waals surface area (Å²) in [4.78, 5) is 4.55. The number of hydrogen-bond donors (Lipinski definition) is 0. The maximum Gasteiger partial charge on any atom is 0.0438 e. The van der Waals surface area contributed by atoms with E-state index in [0.29, 0.717) is 0 Å². The van der Waals surface area contributed by atoms with Gasteiger partial charge in [0, 0.05) is 17.8 Å². The summed E-state index contributed by atoms with van der Waals surface area (Å²) >= 11 is 6.15. The van der Waals surface area contributed by atoms with E-state index < -0.39 is 0 Å². The van der Waals surface area contributed by atoms with Crippen molar-refractivity contribution in [1.82, 2.24) is 0 Å². The van der Waals surface area contributed by atoms with Crippen LogP contribution in [0.1, 0.15) is 49.9 Å². The topological polar surface area (TPSA) is 12.4 Å². The fraction of sp³-hybridized carbons (Fsp3) is 0.381. The van der Waals surface area contributed by atoms with Crippen LogP contribution in [-0.4, -0.2) is 12.8 Å². The highest BCUT2D eigenvalue weighted by Gasteiger charge is 2.12. The SMILES string of the molecule is CCc1cc(CCN=Cc2ccc(C(C)(C)C)cc2)ccc1Cl. The van der Waals surface area contributed by atoms with Crippen LogP contribution in [0.15, 0.2) is 47.5 Å². The Morgan fingerprint density at radius 1 is 1.04 bits per heavy atom. The summed E-state index contributed by atoms with van der Waals surface area (Å²) in [6.07, 6.45) is 3.87. The van der Waals surface area contributed by atoms with Crippen LogP contribution < -0.4 is 0 Å². The van der Waals surface area contributed by atoms with Gasteiger partial charge in [-0.05, 0) is 46.6 Å². The molecule has 2 heteroatoms. The number of rotatable bonds is 5. The largest absolute Gasteiger partial charge is 0.292 e. The average molecular weight is 328 g/mol. The molecule has 0 amide bonds. The van der Waals surface area contributed by atoms with E-state index in [4.69, 9.17) is 11.6 Å². The zero-order valence-electron chi connectivity index (χ0n) is 14.6. The first-order valence-corrected chi connectivity index (χ1v) is 8.65. The minimum atomic E-state index is 0.196. The lowest BCUT2D eigenvalue weighted by atomic mass is 9.87. The lowest BCUT2D eigenvalue weighted by molar-refractivity contribution is 0.590. The molecule has 0 bridgehead atoms. The highest BCUT2D eigenvalue weighted by atomic mass is 35.5. The molecular weight excluding hydrogens is 302 g/mol. The lowest BCUT2D eigenvalue weighted by Crippen LogP contribution is -2.10. The van der Waals surface area contributed by atoms with Crippen LogP contribution in [-0.2, 0) is 18.3 Å². The van der Waals surface area contributed by atoms with Crippen LogP contribution in [0.2, 0.25) is 5.02 Å². The van der Waals surface area contributed by atoms with Crippen molar-refractivity contribution in [2.45, 2.75) is 46.0 Å². The van der Waals surface area contributed by atoms with Gasteiger partial charge in [0.2, 0.25) is 0 Å². The average Bonchev–Trinajstić information content (AvgIpc) is 2.52. The third-order valence-corrected chi connectivity index (χ3v) is 4.41. The first-order valence-electron chi connectivity index (χ1n) is 8.28. The zero-order valence-corrected chi connectivity index (χ0v) is 15.3. The van der Waals surface area contributed by atoms with Crippen molar-refractivity contribution in [1.29, 1.82) is 0 Å². The molecule has 0 unspecified atom stereocenters. The molecule has 1 nitrogen and oxygen atoms in total. The Morgan fingerprint density at radius 3 is 2.35 bits per heavy atom. The molecule has 0 spiro atoms. The monoisotopic (exact) mass is 327 g/mol. The van der Waals surface area contributed by atoms with E-state index in [-0.39, 0.29) is 5.41 Å². The molecule has 23 heavy (non-hydrogen) atoms. The van der Waals surface area contributed by atoms with Crippen molar-refractivity contribution in [3.63, 3.8) is 0 Å². The summed E-state index contributed by atoms with van der Waals surface area (Å²) < 4.78 is 0. The molecule has 0 aliphatic carbocycles. The van der Waals surface area contributed by atoms with E-state index in [2.05, 4.69) is 69.1 Å². The fourth-order valence-electron chi connectivity index (χ4n) is 2.49. The van der Waals surface area contributed by atoms with Crippen LogP contribution in [0.25, 0.3) is 0 Å². The van der Waals surface area contributed by atoms with E-state index >= 15 is 0 Å². The number of aryl methyl sites for hydroxylation is 1. The predicted molar refractivity (Wildman–Crippen MR) is 102 cm³/mol. The Hall–Kier alpha value is -1.60. The van der Waals surface area contributed by atoms with Crippen LogP contribution in [0.5, 0.6) is 0 Å². The van der Waals surface area contributed by atoms with Crippen molar-refractivity contribution in [3.05, 3.63) is 69.7 Å². The van der Waals surface area contributed by atoms with E-state index in [1.54, 1.807) is 0 Å². The first-order chi connectivity index (χ1) is 10.9. The molecule has 0 atom stereocenters. The molecule has 2 rings (SSSR count). The molecular formula is C21H26ClN. The molecule has 0 fully saturated rings. The number of nitrogens with zero attached hydrogens (tertiary/aromatic N) is 1. The molecule has 0 saturated heterocycles. The Morgan fingerprint density at radius 2 is 1.74 bits per heavy atom. The maximum atomic E-state index is 6.15. The first kappa shape index (κ1) is 17.7. The minimum Gasteiger partial charge on any atom is -0.292 e. The molecule has 0 heterocycles. The predicted octanol–water partition coefficient (Wildman–Crippen LogP) is 5.86. The highest BCUT2D eigenvalue weighted by molar-refractivity contribution is 6.31. The normalized spacial score (nSPS) is 12.0. The Bertz CT molecular complexity index is 663. The van der Waals surface area contributed by atoms with Gasteiger partial charge in [-0.1, -0.05) is 75.7 Å². The van der Waals surface area contributed by atoms with Gasteiger partial charge in [-0.2, -0.15) is 0 Å². The summed E-state index contributed by atoms with van der Waals surface area (Å²) in [6.45, 7) is 9.61. The second-order valence-electron chi connectivity index (χ2n) is 6.94. The number of aliphatic imine (C=N–C) groups is 1. The molecule has 122 valence electrons. The highest BCUT2D eigenvalue weighted by Crippen LogP contribution is 2.22. The quantitative estimate of drug-likeness (QED) is 0.610. The summed E-state index contributed by atoms with van der Waals surface area (Å²) in [5.74, 6) is 0. The van der Waals surface area contributed by atoms with Crippen LogP contribution >= 0.6 is 11.6 Å². The van der Waals surface area contributed by atoms with Crippen molar-refractivity contribution < 1.29 is 0 Å². The molecule has 2 aromatic carbocycles. The van der Waals surface area contributed by atoms with Crippen LogP contribution in [0, 0.1) is 0 Å². The number of benzene rings is 2. The second kappa shape index (κ2) is 7.79. The van der Waals surface area contributed by atoms with Crippen molar-refractivity contribution in [2.24, 2.45) is 4.99 Å². The van der Waals surface area contributed by atoms with E-state index in [0.717, 1.165) is 30.0 Å². The summed E-state index contributed by atoms with van der Waals surface area (Å²) in [5.41, 5.74) is 5.21. The molecule has 0 radical (unpaired) electrons. The Labute approximate surface area is 145 Å². The van der Waals surface area contributed by atoms with Gasteiger partial charge in [0.25, 0.3) is 0 Å². The molecule has 0 aliphatic rings. The van der Waals surface area contributed by atoms with E-state index in [9.17, 15) is 0 Å². The van der Waals surface area contributed by atoms with Gasteiger partial charge < -0.3 is 0 Å². The van der Waals surface area contributed by atoms with Gasteiger partial charge in [0.1, 0.15) is 0 Å². The number of halogens is 1. The van der Waals surface area contributed by atoms with Crippen LogP contribution in [0.4, 0.5) is 0 Å². The second-order valence-corrected chi connectivity index (χ2v) is 7.34. The van der Waals surface area contributed by atoms with Gasteiger partial charge in [0.15, 0.2) is 0 Å². The van der Waals surface area contributed by atoms with E-state index in [1.165, 1.54) is 16.7 Å². The third-order valence-electron chi connectivity index (χ3n) is 4.04. The zero-order chi connectivity index (χ0) is 16.9. The van der Waals surface area contributed by atoms with Gasteiger partial charge in [-0.3, -0.25) is 4.99 Å². The minimum absolute atomic E-state index is 0.196. The molecule has 0 saturated carbocycles. The van der Waals surface area contributed by atoms with Gasteiger partial charge in [0.05, 0.1) is 0 Å². The summed E-state index contributed by atoms with van der Waals surface area (Å²) in [5, 5.41) is 0.860. The Kier molecular flexibility index (Phi) is 6.01.